The van der Waals surface area contributed by atoms with E-state index in [-0.39, 0.29) is 11.8 Å². The van der Waals surface area contributed by atoms with Gasteiger partial charge in [-0.2, -0.15) is 13.2 Å². The Morgan fingerprint density at radius 1 is 0.938 bits per heavy atom. The average Bonchev–Trinajstić information content (AvgIpc) is 2.80. The zero-order valence-corrected chi connectivity index (χ0v) is 17.2. The highest BCUT2D eigenvalue weighted by Crippen LogP contribution is 2.31. The molecule has 0 radical (unpaired) electrons. The summed E-state index contributed by atoms with van der Waals surface area (Å²) in [5, 5.41) is 17.3. The number of halogens is 3. The lowest BCUT2D eigenvalue weighted by molar-refractivity contribution is -0.137. The number of allylic oxidation sites excluding steroid dienone is 2. The van der Waals surface area contributed by atoms with Crippen molar-refractivity contribution in [3.05, 3.63) is 77.3 Å². The fourth-order valence-corrected chi connectivity index (χ4v) is 3.99. The van der Waals surface area contributed by atoms with Crippen LogP contribution in [0.5, 0.6) is 0 Å². The molecule has 4 N–H and O–H groups in total. The lowest BCUT2D eigenvalue weighted by Gasteiger charge is -2.30. The third-order valence-corrected chi connectivity index (χ3v) is 5.74. The Morgan fingerprint density at radius 2 is 1.53 bits per heavy atom. The van der Waals surface area contributed by atoms with Gasteiger partial charge in [-0.3, -0.25) is 4.79 Å². The summed E-state index contributed by atoms with van der Waals surface area (Å²) in [6.07, 6.45) is 0.254. The molecule has 1 fully saturated rings. The summed E-state index contributed by atoms with van der Waals surface area (Å²) in [6, 6.07) is 12.1. The smallest absolute Gasteiger partial charge is 0.344 e. The maximum Gasteiger partial charge on any atom is 0.416 e. The topological polar surface area (TPSA) is 77.0 Å². The van der Waals surface area contributed by atoms with Gasteiger partial charge < -0.3 is 21.4 Å². The van der Waals surface area contributed by atoms with Crippen LogP contribution in [0.1, 0.15) is 24.0 Å². The van der Waals surface area contributed by atoms with Gasteiger partial charge in [0.15, 0.2) is 0 Å². The van der Waals surface area contributed by atoms with Crippen molar-refractivity contribution in [2.45, 2.75) is 19.0 Å². The predicted octanol–water partition coefficient (Wildman–Crippen LogP) is 4.29. The average molecular weight is 440 g/mol. The second-order valence-electron chi connectivity index (χ2n) is 7.82. The first kappa shape index (κ1) is 21.8. The molecule has 2 heterocycles. The number of carbonyl (C=O) groups is 1. The SMILES string of the molecule is N=C/C(=C1/NC(=O)C=C(C2CCNCC2)N1)c1ccc(-c2ccc(C(F)(F)F)cc2)cc1. The van der Waals surface area contributed by atoms with E-state index in [2.05, 4.69) is 16.0 Å². The Kier molecular flexibility index (Phi) is 6.14. The van der Waals surface area contributed by atoms with Crippen LogP contribution in [-0.2, 0) is 11.0 Å². The highest BCUT2D eigenvalue weighted by molar-refractivity contribution is 6.11. The van der Waals surface area contributed by atoms with Crippen molar-refractivity contribution in [3.63, 3.8) is 0 Å². The largest absolute Gasteiger partial charge is 0.416 e. The van der Waals surface area contributed by atoms with E-state index in [1.165, 1.54) is 18.3 Å². The Bertz CT molecular complexity index is 1060. The normalized spacial score (nSPS) is 19.0. The van der Waals surface area contributed by atoms with E-state index in [1.54, 1.807) is 30.3 Å². The minimum atomic E-state index is -4.37. The Morgan fingerprint density at radius 3 is 2.09 bits per heavy atom. The molecule has 4 rings (SSSR count). The first-order valence-corrected chi connectivity index (χ1v) is 10.4. The highest BCUT2D eigenvalue weighted by atomic mass is 19.4. The van der Waals surface area contributed by atoms with E-state index in [0.29, 0.717) is 22.5 Å². The number of alkyl halides is 3. The molecule has 166 valence electrons. The van der Waals surface area contributed by atoms with Gasteiger partial charge in [0, 0.05) is 29.5 Å². The van der Waals surface area contributed by atoms with Crippen LogP contribution < -0.4 is 16.0 Å². The quantitative estimate of drug-likeness (QED) is 0.536. The molecule has 5 nitrogen and oxygen atoms in total. The van der Waals surface area contributed by atoms with Crippen molar-refractivity contribution in [1.82, 2.24) is 16.0 Å². The molecule has 2 aliphatic rings. The Hall–Kier alpha value is -3.39. The molecule has 1 amide bonds. The predicted molar refractivity (Wildman–Crippen MR) is 118 cm³/mol. The van der Waals surface area contributed by atoms with Crippen molar-refractivity contribution in [1.29, 1.82) is 5.41 Å². The summed E-state index contributed by atoms with van der Waals surface area (Å²) in [7, 11) is 0. The lowest BCUT2D eigenvalue weighted by Crippen LogP contribution is -2.41. The summed E-state index contributed by atoms with van der Waals surface area (Å²) in [4.78, 5) is 12.3. The minimum Gasteiger partial charge on any atom is -0.344 e. The Labute approximate surface area is 183 Å². The summed E-state index contributed by atoms with van der Waals surface area (Å²) in [5.74, 6) is 0.489. The van der Waals surface area contributed by atoms with Crippen molar-refractivity contribution < 1.29 is 18.0 Å². The highest BCUT2D eigenvalue weighted by Gasteiger charge is 2.30. The first-order chi connectivity index (χ1) is 15.3. The standard InChI is InChI=1S/C24H23F3N4O/c25-24(26,27)19-7-5-16(6-8-19)15-1-3-17(4-2-15)20(14-28)23-30-21(13-22(32)31-23)18-9-11-29-12-10-18/h1-8,13-14,18,28-30H,9-12H2,(H,31,32)/b23-20-,28-14?. The number of hydrogen-bond donors (Lipinski definition) is 4. The van der Waals surface area contributed by atoms with Crippen molar-refractivity contribution in [3.8, 4) is 11.1 Å². The molecular formula is C24H23F3N4O. The molecule has 2 aromatic rings. The van der Waals surface area contributed by atoms with Gasteiger partial charge >= 0.3 is 6.18 Å². The number of piperidine rings is 1. The van der Waals surface area contributed by atoms with Crippen LogP contribution in [0, 0.1) is 11.3 Å². The van der Waals surface area contributed by atoms with Gasteiger partial charge in [0.25, 0.3) is 5.91 Å². The summed E-state index contributed by atoms with van der Waals surface area (Å²) in [6.45, 7) is 1.79. The third-order valence-electron chi connectivity index (χ3n) is 5.74. The summed E-state index contributed by atoms with van der Waals surface area (Å²) in [5.41, 5.74) is 2.82. The van der Waals surface area contributed by atoms with Gasteiger partial charge in [0.2, 0.25) is 0 Å². The van der Waals surface area contributed by atoms with Crippen LogP contribution >= 0.6 is 0 Å². The number of carbonyl (C=O) groups excluding carboxylic acids is 1. The van der Waals surface area contributed by atoms with E-state index in [1.807, 2.05) is 0 Å². The number of amides is 1. The van der Waals surface area contributed by atoms with Gasteiger partial charge in [-0.25, -0.2) is 0 Å². The lowest BCUT2D eigenvalue weighted by atomic mass is 9.93. The van der Waals surface area contributed by atoms with Crippen molar-refractivity contribution in [2.75, 3.05) is 13.1 Å². The molecule has 0 atom stereocenters. The zero-order valence-electron chi connectivity index (χ0n) is 17.2. The molecule has 0 saturated carbocycles. The maximum atomic E-state index is 12.8. The fourth-order valence-electron chi connectivity index (χ4n) is 3.99. The second kappa shape index (κ2) is 9.00. The van der Waals surface area contributed by atoms with Crippen LogP contribution in [0.3, 0.4) is 0 Å². The number of hydrogen-bond acceptors (Lipinski definition) is 4. The van der Waals surface area contributed by atoms with Gasteiger partial charge in [-0.05, 0) is 54.8 Å². The first-order valence-electron chi connectivity index (χ1n) is 10.4. The van der Waals surface area contributed by atoms with Crippen molar-refractivity contribution in [2.24, 2.45) is 5.92 Å². The van der Waals surface area contributed by atoms with Gasteiger partial charge in [-0.15, -0.1) is 0 Å². The number of rotatable bonds is 4. The molecule has 32 heavy (non-hydrogen) atoms. The molecule has 8 heteroatoms. The maximum absolute atomic E-state index is 12.8. The number of nitrogens with one attached hydrogen (secondary N) is 4. The molecule has 0 aromatic heterocycles. The minimum absolute atomic E-state index is 0.229. The monoisotopic (exact) mass is 440 g/mol. The Balaban J connectivity index is 1.58. The van der Waals surface area contributed by atoms with E-state index in [9.17, 15) is 18.0 Å². The fraction of sp³-hybridized carbons (Fsp3) is 0.250. The van der Waals surface area contributed by atoms with Gasteiger partial charge in [-0.1, -0.05) is 36.4 Å². The van der Waals surface area contributed by atoms with Crippen LogP contribution in [0.4, 0.5) is 13.2 Å². The third kappa shape index (κ3) is 4.75. The second-order valence-corrected chi connectivity index (χ2v) is 7.82. The van der Waals surface area contributed by atoms with Crippen LogP contribution in [0.15, 0.2) is 66.1 Å². The molecule has 0 bridgehead atoms. The molecular weight excluding hydrogens is 417 g/mol. The van der Waals surface area contributed by atoms with Crippen LogP contribution in [0.2, 0.25) is 0 Å². The summed E-state index contributed by atoms with van der Waals surface area (Å²) < 4.78 is 38.4. The molecule has 0 spiro atoms. The van der Waals surface area contributed by atoms with E-state index < -0.39 is 11.7 Å². The molecule has 2 aliphatic heterocycles. The van der Waals surface area contributed by atoms with E-state index in [0.717, 1.165) is 49.3 Å². The zero-order chi connectivity index (χ0) is 22.7. The van der Waals surface area contributed by atoms with Crippen LogP contribution in [0.25, 0.3) is 16.7 Å². The summed E-state index contributed by atoms with van der Waals surface area (Å²) >= 11 is 0. The van der Waals surface area contributed by atoms with Gasteiger partial charge in [0.05, 0.1) is 5.56 Å². The molecule has 0 aliphatic carbocycles. The van der Waals surface area contributed by atoms with Crippen molar-refractivity contribution >= 4 is 17.7 Å². The van der Waals surface area contributed by atoms with Crippen LogP contribution in [-0.4, -0.2) is 25.2 Å². The molecule has 1 saturated heterocycles. The van der Waals surface area contributed by atoms with E-state index >= 15 is 0 Å². The van der Waals surface area contributed by atoms with Gasteiger partial charge in [0.1, 0.15) is 5.82 Å². The number of benzene rings is 2. The molecule has 0 unspecified atom stereocenters. The van der Waals surface area contributed by atoms with E-state index in [4.69, 9.17) is 5.41 Å². The molecule has 2 aromatic carbocycles.